The van der Waals surface area contributed by atoms with Gasteiger partial charge in [0.15, 0.2) is 11.6 Å². The van der Waals surface area contributed by atoms with Crippen LogP contribution in [0.2, 0.25) is 0 Å². The van der Waals surface area contributed by atoms with Crippen LogP contribution in [0.4, 0.5) is 27.9 Å². The highest BCUT2D eigenvalue weighted by atomic mass is 19.1. The molecule has 0 amide bonds. The zero-order valence-corrected chi connectivity index (χ0v) is 17.8. The van der Waals surface area contributed by atoms with Gasteiger partial charge in [-0.15, -0.1) is 0 Å². The molecule has 0 radical (unpaired) electrons. The summed E-state index contributed by atoms with van der Waals surface area (Å²) in [6.07, 6.45) is 11.3. The van der Waals surface area contributed by atoms with Gasteiger partial charge in [0, 0.05) is 29.9 Å². The summed E-state index contributed by atoms with van der Waals surface area (Å²) in [6.45, 7) is 0. The summed E-state index contributed by atoms with van der Waals surface area (Å²) in [5.74, 6) is 0.154. The first-order valence-corrected chi connectivity index (χ1v) is 11.4. The zero-order chi connectivity index (χ0) is 21.6. The topological polar surface area (TPSA) is 121 Å². The number of rotatable bonds is 6. The third-order valence-electron chi connectivity index (χ3n) is 6.16. The van der Waals surface area contributed by atoms with E-state index in [0.29, 0.717) is 29.6 Å². The van der Waals surface area contributed by atoms with Crippen LogP contribution in [0, 0.1) is 5.82 Å². The second kappa shape index (κ2) is 10.1. The Morgan fingerprint density at radius 3 is 2.19 bits per heavy atom. The minimum absolute atomic E-state index is 0.0615. The third-order valence-corrected chi connectivity index (χ3v) is 6.16. The average molecular weight is 430 g/mol. The lowest BCUT2D eigenvalue weighted by molar-refractivity contribution is 0.402. The quantitative estimate of drug-likeness (QED) is 0.341. The molecule has 2 aliphatic carbocycles. The number of aromatic hydroxyl groups is 1. The van der Waals surface area contributed by atoms with Gasteiger partial charge in [-0.2, -0.15) is 15.0 Å². The monoisotopic (exact) mass is 429 g/mol. The summed E-state index contributed by atoms with van der Waals surface area (Å²) >= 11 is 0. The van der Waals surface area contributed by atoms with Crippen molar-refractivity contribution in [2.75, 3.05) is 16.0 Å². The van der Waals surface area contributed by atoms with Gasteiger partial charge in [0.1, 0.15) is 0 Å². The highest BCUT2D eigenvalue weighted by molar-refractivity contribution is 5.57. The average Bonchev–Trinajstić information content (AvgIpc) is 3.01. The summed E-state index contributed by atoms with van der Waals surface area (Å²) in [5, 5.41) is 19.3. The van der Waals surface area contributed by atoms with Gasteiger partial charge in [0.05, 0.1) is 0 Å². The number of nitrogens with one attached hydrogen (secondary N) is 3. The molecule has 1 aromatic heterocycles. The number of benzene rings is 1. The van der Waals surface area contributed by atoms with Gasteiger partial charge < -0.3 is 26.8 Å². The Morgan fingerprint density at radius 2 is 1.48 bits per heavy atom. The van der Waals surface area contributed by atoms with Crippen LogP contribution in [0.5, 0.6) is 5.75 Å². The lowest BCUT2D eigenvalue weighted by atomic mass is 9.91. The minimum atomic E-state index is -0.706. The number of hydrogen-bond donors (Lipinski definition) is 5. The molecule has 2 aliphatic rings. The Kier molecular flexibility index (Phi) is 7.01. The molecular weight excluding hydrogens is 397 g/mol. The predicted molar refractivity (Wildman–Crippen MR) is 120 cm³/mol. The van der Waals surface area contributed by atoms with Crippen molar-refractivity contribution in [3.8, 4) is 5.75 Å². The molecule has 31 heavy (non-hydrogen) atoms. The normalized spacial score (nSPS) is 22.5. The van der Waals surface area contributed by atoms with Crippen molar-refractivity contribution in [2.45, 2.75) is 82.3 Å². The lowest BCUT2D eigenvalue weighted by Gasteiger charge is -2.29. The first kappa shape index (κ1) is 21.5. The van der Waals surface area contributed by atoms with Crippen LogP contribution in [0.25, 0.3) is 0 Å². The summed E-state index contributed by atoms with van der Waals surface area (Å²) in [4.78, 5) is 13.6. The van der Waals surface area contributed by atoms with Crippen molar-refractivity contribution in [1.29, 1.82) is 0 Å². The maximum Gasteiger partial charge on any atom is 0.233 e. The highest BCUT2D eigenvalue weighted by Gasteiger charge is 2.23. The number of aromatic nitrogens is 3. The molecule has 168 valence electrons. The Morgan fingerprint density at radius 1 is 0.839 bits per heavy atom. The molecule has 0 aliphatic heterocycles. The Balaban J connectivity index is 1.56. The fourth-order valence-corrected chi connectivity index (χ4v) is 4.39. The van der Waals surface area contributed by atoms with Crippen molar-refractivity contribution >= 4 is 23.5 Å². The van der Waals surface area contributed by atoms with E-state index in [4.69, 9.17) is 5.73 Å². The molecule has 0 spiro atoms. The van der Waals surface area contributed by atoms with Crippen LogP contribution in [-0.4, -0.2) is 38.2 Å². The molecule has 1 heterocycles. The lowest BCUT2D eigenvalue weighted by Crippen LogP contribution is -2.43. The highest BCUT2D eigenvalue weighted by Crippen LogP contribution is 2.25. The number of phenols is 1. The second-order valence-electron chi connectivity index (χ2n) is 8.63. The molecule has 6 N–H and O–H groups in total. The van der Waals surface area contributed by atoms with Crippen LogP contribution in [0.1, 0.15) is 64.2 Å². The Labute approximate surface area is 182 Å². The van der Waals surface area contributed by atoms with Crippen molar-refractivity contribution in [3.63, 3.8) is 0 Å². The van der Waals surface area contributed by atoms with Crippen molar-refractivity contribution < 1.29 is 9.50 Å². The van der Waals surface area contributed by atoms with Gasteiger partial charge in [-0.25, -0.2) is 4.39 Å². The van der Waals surface area contributed by atoms with Gasteiger partial charge in [-0.3, -0.25) is 0 Å². The Bertz CT molecular complexity index is 873. The van der Waals surface area contributed by atoms with E-state index in [1.807, 2.05) is 0 Å². The molecule has 4 rings (SSSR count). The van der Waals surface area contributed by atoms with Crippen LogP contribution in [0.15, 0.2) is 18.2 Å². The molecular formula is C22H32FN7O. The van der Waals surface area contributed by atoms with Crippen LogP contribution >= 0.6 is 0 Å². The molecule has 0 bridgehead atoms. The number of nitrogens with zero attached hydrogens (tertiary/aromatic N) is 3. The molecule has 0 saturated heterocycles. The largest absolute Gasteiger partial charge is 0.505 e. The standard InChI is InChI=1S/C22H32FN7O/c23-16-13-15(11-12-19(16)31)26-21-28-20(25-14-7-3-1-2-4-8-14)29-22(30-21)27-18-10-6-5-9-17(18)24/h11-14,17-18,31H,1-10,24H2,(H3,25,26,27,28,29,30). The molecule has 2 saturated carbocycles. The molecule has 9 heteroatoms. The van der Waals surface area contributed by atoms with Gasteiger partial charge >= 0.3 is 0 Å². The third kappa shape index (κ3) is 5.94. The number of anilines is 4. The van der Waals surface area contributed by atoms with Crippen molar-refractivity contribution in [1.82, 2.24) is 15.0 Å². The summed E-state index contributed by atoms with van der Waals surface area (Å²) < 4.78 is 13.8. The first-order valence-electron chi connectivity index (χ1n) is 11.4. The van der Waals surface area contributed by atoms with E-state index in [1.165, 1.54) is 37.8 Å². The van der Waals surface area contributed by atoms with Crippen LogP contribution < -0.4 is 21.7 Å². The van der Waals surface area contributed by atoms with E-state index in [1.54, 1.807) is 6.07 Å². The molecule has 2 unspecified atom stereocenters. The van der Waals surface area contributed by atoms with E-state index in [0.717, 1.165) is 38.5 Å². The fourth-order valence-electron chi connectivity index (χ4n) is 4.39. The second-order valence-corrected chi connectivity index (χ2v) is 8.63. The van der Waals surface area contributed by atoms with Crippen LogP contribution in [-0.2, 0) is 0 Å². The van der Waals surface area contributed by atoms with Crippen molar-refractivity contribution in [3.05, 3.63) is 24.0 Å². The molecule has 2 fully saturated rings. The molecule has 8 nitrogen and oxygen atoms in total. The maximum absolute atomic E-state index is 13.8. The zero-order valence-electron chi connectivity index (χ0n) is 17.8. The number of halogens is 1. The van der Waals surface area contributed by atoms with Gasteiger partial charge in [0.25, 0.3) is 0 Å². The molecule has 2 atom stereocenters. The number of nitrogens with two attached hydrogens (primary N) is 1. The fraction of sp³-hybridized carbons (Fsp3) is 0.591. The molecule has 2 aromatic rings. The van der Waals surface area contributed by atoms with Gasteiger partial charge in [-0.05, 0) is 37.8 Å². The number of hydrogen-bond acceptors (Lipinski definition) is 8. The summed E-state index contributed by atoms with van der Waals surface area (Å²) in [7, 11) is 0. The van der Waals surface area contributed by atoms with E-state index < -0.39 is 11.6 Å². The SMILES string of the molecule is NC1CCCCC1Nc1nc(Nc2ccc(O)c(F)c2)nc(NC2CCCCCC2)n1. The van der Waals surface area contributed by atoms with E-state index >= 15 is 0 Å². The Hall–Kier alpha value is -2.68. The van der Waals surface area contributed by atoms with Gasteiger partial charge in [0.2, 0.25) is 17.8 Å². The van der Waals surface area contributed by atoms with Crippen molar-refractivity contribution in [2.24, 2.45) is 5.73 Å². The smallest absolute Gasteiger partial charge is 0.233 e. The summed E-state index contributed by atoms with van der Waals surface area (Å²) in [6, 6.07) is 4.58. The minimum Gasteiger partial charge on any atom is -0.505 e. The first-order chi connectivity index (χ1) is 15.1. The predicted octanol–water partition coefficient (Wildman–Crippen LogP) is 4.28. The van der Waals surface area contributed by atoms with Crippen LogP contribution in [0.3, 0.4) is 0 Å². The molecule has 1 aromatic carbocycles. The number of phenolic OH excluding ortho intramolecular Hbond substituents is 1. The van der Waals surface area contributed by atoms with E-state index in [-0.39, 0.29) is 12.1 Å². The maximum atomic E-state index is 13.8. The van der Waals surface area contributed by atoms with E-state index in [2.05, 4.69) is 30.9 Å². The van der Waals surface area contributed by atoms with E-state index in [9.17, 15) is 9.50 Å². The van der Waals surface area contributed by atoms with Gasteiger partial charge in [-0.1, -0.05) is 38.5 Å². The summed E-state index contributed by atoms with van der Waals surface area (Å²) in [5.41, 5.74) is 6.74.